The lowest BCUT2D eigenvalue weighted by Crippen LogP contribution is -2.02. The van der Waals surface area contributed by atoms with Gasteiger partial charge in [0.2, 0.25) is 0 Å². The van der Waals surface area contributed by atoms with Crippen LogP contribution in [0.2, 0.25) is 0 Å². The molecular formula is C10H10O4S. The van der Waals surface area contributed by atoms with E-state index in [1.807, 2.05) is 0 Å². The first-order valence-corrected chi connectivity index (χ1v) is 5.48. The fourth-order valence-corrected chi connectivity index (χ4v) is 1.59. The second-order valence-corrected chi connectivity index (χ2v) is 4.30. The molecule has 0 unspecified atom stereocenters. The van der Waals surface area contributed by atoms with Gasteiger partial charge in [0, 0.05) is 0 Å². The highest BCUT2D eigenvalue weighted by Gasteiger charge is 2.11. The molecule has 0 aliphatic heterocycles. The summed E-state index contributed by atoms with van der Waals surface area (Å²) in [6, 6.07) is 5.82. The third-order valence-corrected chi connectivity index (χ3v) is 2.94. The molecule has 15 heavy (non-hydrogen) atoms. The van der Waals surface area contributed by atoms with Gasteiger partial charge in [-0.05, 0) is 24.3 Å². The van der Waals surface area contributed by atoms with Gasteiger partial charge in [0.15, 0.2) is 0 Å². The predicted molar refractivity (Wildman–Crippen MR) is 55.0 cm³/mol. The molecule has 0 N–H and O–H groups in total. The third-order valence-electron chi connectivity index (χ3n) is 1.65. The zero-order chi connectivity index (χ0) is 11.3. The molecule has 0 spiro atoms. The molecule has 0 amide bonds. The Hall–Kier alpha value is -1.51. The van der Waals surface area contributed by atoms with Crippen molar-refractivity contribution >= 4 is 10.1 Å². The number of hydrogen-bond donors (Lipinski definition) is 0. The molecule has 0 fully saturated rings. The van der Waals surface area contributed by atoms with Crippen molar-refractivity contribution in [1.29, 1.82) is 0 Å². The lowest BCUT2D eigenvalue weighted by atomic mass is 10.3. The van der Waals surface area contributed by atoms with Crippen molar-refractivity contribution in [2.75, 3.05) is 13.7 Å². The SMILES string of the molecule is C#CCOc1ccc(S(=O)(=O)OC)cc1. The summed E-state index contributed by atoms with van der Waals surface area (Å²) in [5.41, 5.74) is 0. The van der Waals surface area contributed by atoms with Gasteiger partial charge in [0.25, 0.3) is 10.1 Å². The van der Waals surface area contributed by atoms with Crippen molar-refractivity contribution in [2.45, 2.75) is 4.90 Å². The van der Waals surface area contributed by atoms with Gasteiger partial charge >= 0.3 is 0 Å². The van der Waals surface area contributed by atoms with Crippen LogP contribution in [0.15, 0.2) is 29.2 Å². The van der Waals surface area contributed by atoms with Gasteiger partial charge in [-0.1, -0.05) is 5.92 Å². The van der Waals surface area contributed by atoms with Crippen LogP contribution in [0, 0.1) is 12.3 Å². The Labute approximate surface area is 89.0 Å². The molecule has 0 saturated heterocycles. The van der Waals surface area contributed by atoms with Crippen LogP contribution in [-0.4, -0.2) is 22.1 Å². The molecule has 1 rings (SSSR count). The molecule has 0 heterocycles. The Morgan fingerprint density at radius 3 is 2.40 bits per heavy atom. The molecule has 0 atom stereocenters. The average molecular weight is 226 g/mol. The largest absolute Gasteiger partial charge is 0.481 e. The minimum atomic E-state index is -3.63. The molecule has 0 radical (unpaired) electrons. The lowest BCUT2D eigenvalue weighted by molar-refractivity contribution is 0.369. The number of hydrogen-bond acceptors (Lipinski definition) is 4. The van der Waals surface area contributed by atoms with Crippen molar-refractivity contribution in [3.63, 3.8) is 0 Å². The second-order valence-electron chi connectivity index (χ2n) is 2.58. The number of benzene rings is 1. The zero-order valence-electron chi connectivity index (χ0n) is 8.14. The summed E-state index contributed by atoms with van der Waals surface area (Å²) >= 11 is 0. The molecule has 5 heteroatoms. The Kier molecular flexibility index (Phi) is 3.72. The van der Waals surface area contributed by atoms with E-state index in [0.29, 0.717) is 5.75 Å². The van der Waals surface area contributed by atoms with E-state index in [4.69, 9.17) is 11.2 Å². The zero-order valence-corrected chi connectivity index (χ0v) is 8.95. The second kappa shape index (κ2) is 4.82. The van der Waals surface area contributed by atoms with E-state index >= 15 is 0 Å². The number of rotatable bonds is 4. The maximum atomic E-state index is 11.2. The summed E-state index contributed by atoms with van der Waals surface area (Å²) in [5, 5.41) is 0. The van der Waals surface area contributed by atoms with E-state index in [-0.39, 0.29) is 11.5 Å². The van der Waals surface area contributed by atoms with Gasteiger partial charge in [-0.3, -0.25) is 4.18 Å². The summed E-state index contributed by atoms with van der Waals surface area (Å²) < 4.78 is 31.9. The molecule has 0 aromatic heterocycles. The Bertz CT molecular complexity index is 453. The molecule has 0 aliphatic carbocycles. The smallest absolute Gasteiger partial charge is 0.296 e. The fourth-order valence-electron chi connectivity index (χ4n) is 0.924. The summed E-state index contributed by atoms with van der Waals surface area (Å²) in [6.45, 7) is 0.149. The van der Waals surface area contributed by atoms with Crippen molar-refractivity contribution in [3.8, 4) is 18.1 Å². The van der Waals surface area contributed by atoms with E-state index < -0.39 is 10.1 Å². The molecular weight excluding hydrogens is 216 g/mol. The topological polar surface area (TPSA) is 52.6 Å². The molecule has 80 valence electrons. The first-order chi connectivity index (χ1) is 7.10. The Balaban J connectivity index is 2.87. The number of ether oxygens (including phenoxy) is 1. The molecule has 1 aromatic rings. The summed E-state index contributed by atoms with van der Waals surface area (Å²) in [4.78, 5) is 0.0815. The molecule has 0 bridgehead atoms. The van der Waals surface area contributed by atoms with Gasteiger partial charge in [-0.2, -0.15) is 8.42 Å². The molecule has 4 nitrogen and oxygen atoms in total. The van der Waals surface area contributed by atoms with Crippen LogP contribution in [0.3, 0.4) is 0 Å². The maximum Gasteiger partial charge on any atom is 0.296 e. The average Bonchev–Trinajstić information content (AvgIpc) is 2.27. The van der Waals surface area contributed by atoms with Crippen LogP contribution in [0.25, 0.3) is 0 Å². The van der Waals surface area contributed by atoms with Gasteiger partial charge in [0.05, 0.1) is 12.0 Å². The molecule has 0 aliphatic rings. The highest BCUT2D eigenvalue weighted by atomic mass is 32.2. The normalized spacial score (nSPS) is 10.7. The highest BCUT2D eigenvalue weighted by Crippen LogP contribution is 2.16. The summed E-state index contributed by atoms with van der Waals surface area (Å²) in [5.74, 6) is 2.82. The first-order valence-electron chi connectivity index (χ1n) is 4.07. The van der Waals surface area contributed by atoms with Crippen LogP contribution >= 0.6 is 0 Å². The van der Waals surface area contributed by atoms with E-state index in [2.05, 4.69) is 10.1 Å². The lowest BCUT2D eigenvalue weighted by Gasteiger charge is -2.04. The highest BCUT2D eigenvalue weighted by molar-refractivity contribution is 7.86. The molecule has 0 saturated carbocycles. The minimum absolute atomic E-state index is 0.0815. The van der Waals surface area contributed by atoms with Crippen LogP contribution < -0.4 is 4.74 Å². The fraction of sp³-hybridized carbons (Fsp3) is 0.200. The summed E-state index contributed by atoms with van der Waals surface area (Å²) in [6.07, 6.45) is 5.01. The van der Waals surface area contributed by atoms with Crippen molar-refractivity contribution < 1.29 is 17.3 Å². The molecule has 1 aromatic carbocycles. The predicted octanol–water partition coefficient (Wildman–Crippen LogP) is 1.03. The van der Waals surface area contributed by atoms with Gasteiger partial charge < -0.3 is 4.74 Å². The van der Waals surface area contributed by atoms with E-state index in [1.165, 1.54) is 24.3 Å². The maximum absolute atomic E-state index is 11.2. The van der Waals surface area contributed by atoms with Crippen molar-refractivity contribution in [3.05, 3.63) is 24.3 Å². The van der Waals surface area contributed by atoms with Crippen molar-refractivity contribution in [1.82, 2.24) is 0 Å². The van der Waals surface area contributed by atoms with Crippen molar-refractivity contribution in [2.24, 2.45) is 0 Å². The Morgan fingerprint density at radius 1 is 1.33 bits per heavy atom. The Morgan fingerprint density at radius 2 is 1.93 bits per heavy atom. The van der Waals surface area contributed by atoms with E-state index in [1.54, 1.807) is 0 Å². The van der Waals surface area contributed by atoms with Gasteiger partial charge in [-0.25, -0.2) is 0 Å². The van der Waals surface area contributed by atoms with Gasteiger partial charge in [-0.15, -0.1) is 6.42 Å². The third kappa shape index (κ3) is 2.98. The van der Waals surface area contributed by atoms with E-state index in [9.17, 15) is 8.42 Å². The van der Waals surface area contributed by atoms with Gasteiger partial charge in [0.1, 0.15) is 12.4 Å². The van der Waals surface area contributed by atoms with Crippen LogP contribution in [-0.2, 0) is 14.3 Å². The standard InChI is InChI=1S/C10H10O4S/c1-3-8-14-9-4-6-10(7-5-9)15(11,12)13-2/h1,4-7H,8H2,2H3. The van der Waals surface area contributed by atoms with E-state index in [0.717, 1.165) is 7.11 Å². The van der Waals surface area contributed by atoms with Crippen LogP contribution in [0.1, 0.15) is 0 Å². The summed E-state index contributed by atoms with van der Waals surface area (Å²) in [7, 11) is -2.52. The van der Waals surface area contributed by atoms with Crippen LogP contribution in [0.4, 0.5) is 0 Å². The van der Waals surface area contributed by atoms with Crippen LogP contribution in [0.5, 0.6) is 5.75 Å². The monoisotopic (exact) mass is 226 g/mol. The number of terminal acetylenes is 1. The first kappa shape index (κ1) is 11.6. The quantitative estimate of drug-likeness (QED) is 0.568. The minimum Gasteiger partial charge on any atom is -0.481 e.